The van der Waals surface area contributed by atoms with Crippen molar-refractivity contribution in [3.05, 3.63) is 48.7 Å². The van der Waals surface area contributed by atoms with Gasteiger partial charge in [0.25, 0.3) is 0 Å². The van der Waals surface area contributed by atoms with E-state index in [9.17, 15) is 8.78 Å². The number of rotatable bonds is 6. The summed E-state index contributed by atoms with van der Waals surface area (Å²) in [5.41, 5.74) is 9.58. The van der Waals surface area contributed by atoms with Gasteiger partial charge in [-0.25, -0.2) is 9.97 Å². The van der Waals surface area contributed by atoms with Crippen molar-refractivity contribution in [2.75, 3.05) is 42.6 Å². The van der Waals surface area contributed by atoms with Crippen LogP contribution in [-0.4, -0.2) is 58.9 Å². The number of likely N-dealkylation sites (tertiary alicyclic amines) is 1. The summed E-state index contributed by atoms with van der Waals surface area (Å²) in [7, 11) is 2.13. The summed E-state index contributed by atoms with van der Waals surface area (Å²) in [6.45, 7) is -0.342. The fraction of sp³-hybridized carbons (Fsp3) is 0.320. The minimum Gasteiger partial charge on any atom is -0.433 e. The zero-order valence-electron chi connectivity index (χ0n) is 19.6. The van der Waals surface area contributed by atoms with E-state index in [1.54, 1.807) is 24.4 Å². The molecule has 186 valence electrons. The lowest BCUT2D eigenvalue weighted by molar-refractivity contribution is -0.0493. The number of likely N-dealkylation sites (N-methyl/N-ethyl adjacent to an activating group) is 1. The number of alkyl halides is 2. The number of hydrogen-bond donors (Lipinski definition) is 2. The van der Waals surface area contributed by atoms with E-state index in [0.717, 1.165) is 37.9 Å². The Labute approximate surface area is 205 Å². The summed E-state index contributed by atoms with van der Waals surface area (Å²) in [5.74, 6) is 0.150. The number of nitrogens with zero attached hydrogens (tertiary/aromatic N) is 5. The third-order valence-corrected chi connectivity index (χ3v) is 7.12. The molecule has 0 atom stereocenters. The van der Waals surface area contributed by atoms with Crippen LogP contribution in [0.2, 0.25) is 0 Å². The molecule has 0 bridgehead atoms. The lowest BCUT2D eigenvalue weighted by Gasteiger charge is -2.53. The molecule has 6 rings (SSSR count). The highest BCUT2D eigenvalue weighted by atomic mass is 19.3. The molecule has 2 aromatic heterocycles. The second-order valence-electron chi connectivity index (χ2n) is 9.31. The minimum atomic E-state index is -3.00. The molecule has 0 aliphatic carbocycles. The average Bonchev–Trinajstić information content (AvgIpc) is 3.43. The third kappa shape index (κ3) is 3.85. The van der Waals surface area contributed by atoms with Gasteiger partial charge in [0.1, 0.15) is 5.69 Å². The number of ether oxygens (including phenoxy) is 1. The standard InChI is InChI=1S/C25H25F2N7O2/c1-33-10-4-8-25(33)13-34(14-25)19-12-21(35-23(26)27)18(11-16(19)28)31-24-29-9-7-17(30-24)22-15-5-2-3-6-20(15)36-32-22/h2-3,5-7,9,11-12,23H,4,8,10,13-14,28H2,1H3,(H,29,30,31). The van der Waals surface area contributed by atoms with E-state index >= 15 is 0 Å². The van der Waals surface area contributed by atoms with Crippen molar-refractivity contribution in [1.82, 2.24) is 20.0 Å². The van der Waals surface area contributed by atoms with Crippen molar-refractivity contribution in [2.45, 2.75) is 25.0 Å². The Morgan fingerprint density at radius 3 is 2.81 bits per heavy atom. The molecule has 2 aliphatic heterocycles. The fourth-order valence-electron chi connectivity index (χ4n) is 5.20. The van der Waals surface area contributed by atoms with E-state index in [4.69, 9.17) is 15.0 Å². The molecule has 1 spiro atoms. The van der Waals surface area contributed by atoms with Crippen molar-refractivity contribution in [2.24, 2.45) is 0 Å². The summed E-state index contributed by atoms with van der Waals surface area (Å²) >= 11 is 0. The zero-order chi connectivity index (χ0) is 24.9. The monoisotopic (exact) mass is 493 g/mol. The minimum absolute atomic E-state index is 0.0317. The zero-order valence-corrected chi connectivity index (χ0v) is 19.6. The van der Waals surface area contributed by atoms with Gasteiger partial charge in [0.05, 0.1) is 33.7 Å². The maximum absolute atomic E-state index is 13.3. The van der Waals surface area contributed by atoms with E-state index in [0.29, 0.717) is 28.3 Å². The Balaban J connectivity index is 1.29. The Bertz CT molecular complexity index is 1420. The number of anilines is 4. The van der Waals surface area contributed by atoms with E-state index in [-0.39, 0.29) is 22.9 Å². The summed E-state index contributed by atoms with van der Waals surface area (Å²) in [5, 5.41) is 7.91. The van der Waals surface area contributed by atoms with Gasteiger partial charge in [-0.2, -0.15) is 8.78 Å². The van der Waals surface area contributed by atoms with Crippen molar-refractivity contribution >= 4 is 34.0 Å². The highest BCUT2D eigenvalue weighted by Crippen LogP contribution is 2.44. The molecule has 0 radical (unpaired) electrons. The normalized spacial score (nSPS) is 17.2. The predicted molar refractivity (Wildman–Crippen MR) is 133 cm³/mol. The summed E-state index contributed by atoms with van der Waals surface area (Å²) in [6, 6.07) is 12.3. The van der Waals surface area contributed by atoms with Gasteiger partial charge < -0.3 is 25.2 Å². The molecule has 11 heteroatoms. The van der Waals surface area contributed by atoms with E-state index in [1.807, 2.05) is 24.3 Å². The van der Waals surface area contributed by atoms with Crippen LogP contribution in [0.25, 0.3) is 22.4 Å². The van der Waals surface area contributed by atoms with Crippen LogP contribution in [-0.2, 0) is 0 Å². The van der Waals surface area contributed by atoms with Gasteiger partial charge >= 0.3 is 6.61 Å². The molecular weight excluding hydrogens is 468 g/mol. The topological polar surface area (TPSA) is 106 Å². The number of benzene rings is 2. The quantitative estimate of drug-likeness (QED) is 0.376. The number of hydrogen-bond acceptors (Lipinski definition) is 9. The average molecular weight is 494 g/mol. The third-order valence-electron chi connectivity index (χ3n) is 7.12. The fourth-order valence-corrected chi connectivity index (χ4v) is 5.20. The number of nitrogen functional groups attached to an aromatic ring is 1. The molecule has 2 saturated heterocycles. The predicted octanol–water partition coefficient (Wildman–Crippen LogP) is 4.50. The smallest absolute Gasteiger partial charge is 0.387 e. The van der Waals surface area contributed by atoms with Crippen LogP contribution in [0.5, 0.6) is 5.75 Å². The largest absolute Gasteiger partial charge is 0.433 e. The number of aromatic nitrogens is 3. The number of fused-ring (bicyclic) bond motifs is 1. The maximum atomic E-state index is 13.3. The van der Waals surface area contributed by atoms with Gasteiger partial charge in [0.15, 0.2) is 11.3 Å². The lowest BCUT2D eigenvalue weighted by Crippen LogP contribution is -2.67. The lowest BCUT2D eigenvalue weighted by atomic mass is 9.86. The molecule has 3 N–H and O–H groups in total. The molecule has 4 heterocycles. The Morgan fingerprint density at radius 1 is 1.19 bits per heavy atom. The molecule has 0 amide bonds. The van der Waals surface area contributed by atoms with Crippen LogP contribution in [0, 0.1) is 0 Å². The van der Waals surface area contributed by atoms with Crippen LogP contribution in [0.3, 0.4) is 0 Å². The highest BCUT2D eigenvalue weighted by Gasteiger charge is 2.49. The first-order valence-corrected chi connectivity index (χ1v) is 11.7. The molecule has 2 aromatic carbocycles. The first-order valence-electron chi connectivity index (χ1n) is 11.7. The molecule has 36 heavy (non-hydrogen) atoms. The number of nitrogens with two attached hydrogens (primary N) is 1. The van der Waals surface area contributed by atoms with Crippen molar-refractivity contribution < 1.29 is 18.0 Å². The Hall–Kier alpha value is -3.99. The van der Waals surface area contributed by atoms with Gasteiger partial charge in [0, 0.05) is 25.4 Å². The Morgan fingerprint density at radius 2 is 2.03 bits per heavy atom. The van der Waals surface area contributed by atoms with Gasteiger partial charge in [-0.15, -0.1) is 0 Å². The van der Waals surface area contributed by atoms with Gasteiger partial charge in [-0.1, -0.05) is 17.3 Å². The molecule has 2 fully saturated rings. The Kier molecular flexibility index (Phi) is 5.36. The SMILES string of the molecule is CN1CCCC12CN(c1cc(OC(F)F)c(Nc3nccc(-c4noc5ccccc45)n3)cc1N)C2. The van der Waals surface area contributed by atoms with Crippen LogP contribution in [0.4, 0.5) is 31.8 Å². The summed E-state index contributed by atoms with van der Waals surface area (Å²) in [4.78, 5) is 13.2. The van der Waals surface area contributed by atoms with Crippen LogP contribution in [0.15, 0.2) is 53.2 Å². The molecule has 0 saturated carbocycles. The van der Waals surface area contributed by atoms with E-state index in [2.05, 4.69) is 37.3 Å². The van der Waals surface area contributed by atoms with E-state index in [1.165, 1.54) is 0 Å². The first-order chi connectivity index (χ1) is 17.4. The van der Waals surface area contributed by atoms with Crippen LogP contribution < -0.4 is 20.7 Å². The van der Waals surface area contributed by atoms with Crippen molar-refractivity contribution in [3.63, 3.8) is 0 Å². The van der Waals surface area contributed by atoms with Gasteiger partial charge in [0.2, 0.25) is 5.95 Å². The van der Waals surface area contributed by atoms with Crippen molar-refractivity contribution in [3.8, 4) is 17.1 Å². The molecular formula is C25H25F2N7O2. The number of nitrogens with one attached hydrogen (secondary N) is 1. The molecule has 2 aliphatic rings. The number of halogens is 2. The van der Waals surface area contributed by atoms with Gasteiger partial charge in [-0.05, 0) is 50.7 Å². The number of para-hydroxylation sites is 1. The van der Waals surface area contributed by atoms with E-state index < -0.39 is 6.61 Å². The van der Waals surface area contributed by atoms with Crippen LogP contribution in [0.1, 0.15) is 12.8 Å². The van der Waals surface area contributed by atoms with Crippen molar-refractivity contribution in [1.29, 1.82) is 0 Å². The molecule has 4 aromatic rings. The first kappa shape index (κ1) is 22.5. The highest BCUT2D eigenvalue weighted by molar-refractivity contribution is 5.90. The molecule has 0 unspecified atom stereocenters. The second-order valence-corrected chi connectivity index (χ2v) is 9.31. The van der Waals surface area contributed by atoms with Crippen LogP contribution >= 0.6 is 0 Å². The summed E-state index contributed by atoms with van der Waals surface area (Å²) in [6.07, 6.45) is 3.83. The van der Waals surface area contributed by atoms with Gasteiger partial charge in [-0.3, -0.25) is 4.90 Å². The summed E-state index contributed by atoms with van der Waals surface area (Å²) < 4.78 is 36.8. The maximum Gasteiger partial charge on any atom is 0.387 e. The molecule has 9 nitrogen and oxygen atoms in total. The second kappa shape index (κ2) is 8.59.